The van der Waals surface area contributed by atoms with Crippen LogP contribution < -0.4 is 11.1 Å². The van der Waals surface area contributed by atoms with Crippen molar-refractivity contribution in [3.8, 4) is 0 Å². The van der Waals surface area contributed by atoms with Gasteiger partial charge in [0.15, 0.2) is 5.96 Å². The summed E-state index contributed by atoms with van der Waals surface area (Å²) in [4.78, 5) is 4.51. The Balaban J connectivity index is 1.65. The summed E-state index contributed by atoms with van der Waals surface area (Å²) >= 11 is 0. The SMILES string of the molecule is Cc1cc(C)cc(NC(N)=N[C@@H]2C[C@H]2c2ccc(F)cc2)c1. The van der Waals surface area contributed by atoms with Gasteiger partial charge in [0.05, 0.1) is 6.04 Å². The van der Waals surface area contributed by atoms with Crippen molar-refractivity contribution in [3.63, 3.8) is 0 Å². The maximum Gasteiger partial charge on any atom is 0.193 e. The van der Waals surface area contributed by atoms with Crippen LogP contribution in [0.4, 0.5) is 10.1 Å². The minimum absolute atomic E-state index is 0.184. The van der Waals surface area contributed by atoms with E-state index in [1.807, 2.05) is 24.3 Å². The van der Waals surface area contributed by atoms with Gasteiger partial charge < -0.3 is 11.1 Å². The van der Waals surface area contributed by atoms with E-state index in [2.05, 4.69) is 30.2 Å². The average molecular weight is 297 g/mol. The van der Waals surface area contributed by atoms with Crippen LogP contribution in [0.15, 0.2) is 47.5 Å². The zero-order chi connectivity index (χ0) is 15.7. The maximum atomic E-state index is 12.9. The summed E-state index contributed by atoms with van der Waals surface area (Å²) < 4.78 is 12.9. The molecule has 0 heterocycles. The van der Waals surface area contributed by atoms with Crippen LogP contribution in [0.5, 0.6) is 0 Å². The van der Waals surface area contributed by atoms with Crippen LogP contribution in [0.25, 0.3) is 0 Å². The van der Waals surface area contributed by atoms with E-state index in [4.69, 9.17) is 5.73 Å². The third-order valence-electron chi connectivity index (χ3n) is 3.85. The van der Waals surface area contributed by atoms with Crippen LogP contribution >= 0.6 is 0 Å². The molecule has 2 aromatic rings. The number of benzene rings is 2. The summed E-state index contributed by atoms with van der Waals surface area (Å²) in [5.41, 5.74) is 10.4. The highest BCUT2D eigenvalue weighted by Crippen LogP contribution is 2.43. The number of nitrogens with two attached hydrogens (primary N) is 1. The van der Waals surface area contributed by atoms with Crippen LogP contribution in [0, 0.1) is 19.7 Å². The van der Waals surface area contributed by atoms with E-state index in [0.717, 1.165) is 17.7 Å². The van der Waals surface area contributed by atoms with Gasteiger partial charge in [0.25, 0.3) is 0 Å². The fraction of sp³-hybridized carbons (Fsp3) is 0.278. The van der Waals surface area contributed by atoms with Crippen molar-refractivity contribution in [3.05, 3.63) is 65.0 Å². The molecule has 0 unspecified atom stereocenters. The van der Waals surface area contributed by atoms with E-state index in [1.54, 1.807) is 0 Å². The largest absolute Gasteiger partial charge is 0.370 e. The number of rotatable bonds is 3. The number of aliphatic imine (C=N–C) groups is 1. The molecular formula is C18H20FN3. The van der Waals surface area contributed by atoms with Gasteiger partial charge >= 0.3 is 0 Å². The topological polar surface area (TPSA) is 50.4 Å². The number of hydrogen-bond donors (Lipinski definition) is 2. The first-order valence-electron chi connectivity index (χ1n) is 7.45. The Morgan fingerprint density at radius 2 is 1.77 bits per heavy atom. The lowest BCUT2D eigenvalue weighted by Crippen LogP contribution is -2.23. The number of nitrogens with zero attached hydrogens (tertiary/aromatic N) is 1. The molecule has 0 bridgehead atoms. The molecule has 0 aromatic heterocycles. The molecule has 22 heavy (non-hydrogen) atoms. The molecule has 0 saturated heterocycles. The molecule has 3 N–H and O–H groups in total. The minimum Gasteiger partial charge on any atom is -0.370 e. The first kappa shape index (κ1) is 14.6. The van der Waals surface area contributed by atoms with Gasteiger partial charge in [-0.2, -0.15) is 0 Å². The Morgan fingerprint density at radius 3 is 2.41 bits per heavy atom. The van der Waals surface area contributed by atoms with Crippen LogP contribution in [0.3, 0.4) is 0 Å². The Morgan fingerprint density at radius 1 is 1.14 bits per heavy atom. The van der Waals surface area contributed by atoms with Gasteiger partial charge in [-0.3, -0.25) is 0 Å². The Labute approximate surface area is 130 Å². The van der Waals surface area contributed by atoms with Gasteiger partial charge in [-0.15, -0.1) is 0 Å². The smallest absolute Gasteiger partial charge is 0.193 e. The van der Waals surface area contributed by atoms with Crippen molar-refractivity contribution in [1.82, 2.24) is 0 Å². The number of hydrogen-bond acceptors (Lipinski definition) is 1. The minimum atomic E-state index is -0.208. The number of nitrogens with one attached hydrogen (secondary N) is 1. The van der Waals surface area contributed by atoms with Crippen LogP contribution in [-0.4, -0.2) is 12.0 Å². The summed E-state index contributed by atoms with van der Waals surface area (Å²) in [6.45, 7) is 4.11. The zero-order valence-electron chi connectivity index (χ0n) is 12.8. The molecule has 0 spiro atoms. The molecule has 4 heteroatoms. The van der Waals surface area contributed by atoms with Crippen molar-refractivity contribution < 1.29 is 4.39 Å². The van der Waals surface area contributed by atoms with E-state index in [9.17, 15) is 4.39 Å². The van der Waals surface area contributed by atoms with Crippen LogP contribution in [0.1, 0.15) is 29.0 Å². The highest BCUT2D eigenvalue weighted by Gasteiger charge is 2.38. The molecule has 0 radical (unpaired) electrons. The second-order valence-corrected chi connectivity index (χ2v) is 5.98. The van der Waals surface area contributed by atoms with Gasteiger partial charge in [0, 0.05) is 11.6 Å². The number of anilines is 1. The van der Waals surface area contributed by atoms with Gasteiger partial charge in [-0.05, 0) is 61.2 Å². The Bertz CT molecular complexity index is 687. The number of halogens is 1. The molecular weight excluding hydrogens is 277 g/mol. The van der Waals surface area contributed by atoms with Crippen LogP contribution in [0.2, 0.25) is 0 Å². The molecule has 3 nitrogen and oxygen atoms in total. The van der Waals surface area contributed by atoms with E-state index < -0.39 is 0 Å². The first-order chi connectivity index (χ1) is 10.5. The summed E-state index contributed by atoms with van der Waals surface area (Å²) in [6.07, 6.45) is 0.959. The highest BCUT2D eigenvalue weighted by molar-refractivity contribution is 5.92. The molecule has 1 aliphatic carbocycles. The van der Waals surface area contributed by atoms with Crippen molar-refractivity contribution in [1.29, 1.82) is 0 Å². The number of guanidine groups is 1. The molecule has 2 atom stereocenters. The predicted molar refractivity (Wildman–Crippen MR) is 88.7 cm³/mol. The molecule has 114 valence electrons. The zero-order valence-corrected chi connectivity index (χ0v) is 12.8. The second-order valence-electron chi connectivity index (χ2n) is 5.98. The summed E-state index contributed by atoms with van der Waals surface area (Å²) in [6, 6.07) is 13.0. The van der Waals surface area contributed by atoms with Crippen molar-refractivity contribution in [2.75, 3.05) is 5.32 Å². The molecule has 2 aromatic carbocycles. The highest BCUT2D eigenvalue weighted by atomic mass is 19.1. The fourth-order valence-electron chi connectivity index (χ4n) is 2.80. The first-order valence-corrected chi connectivity index (χ1v) is 7.45. The lowest BCUT2D eigenvalue weighted by Gasteiger charge is -2.08. The van der Waals surface area contributed by atoms with Gasteiger partial charge in [-0.1, -0.05) is 18.2 Å². The van der Waals surface area contributed by atoms with Crippen molar-refractivity contribution in [2.24, 2.45) is 10.7 Å². The Hall–Kier alpha value is -2.36. The molecule has 1 saturated carbocycles. The lowest BCUT2D eigenvalue weighted by molar-refractivity contribution is 0.627. The van der Waals surface area contributed by atoms with Crippen LogP contribution in [-0.2, 0) is 0 Å². The quantitative estimate of drug-likeness (QED) is 0.670. The van der Waals surface area contributed by atoms with E-state index in [0.29, 0.717) is 11.9 Å². The summed E-state index contributed by atoms with van der Waals surface area (Å²) in [5, 5.41) is 3.14. The lowest BCUT2D eigenvalue weighted by atomic mass is 10.1. The normalized spacial score (nSPS) is 20.8. The van der Waals surface area contributed by atoms with Crippen molar-refractivity contribution in [2.45, 2.75) is 32.2 Å². The van der Waals surface area contributed by atoms with Gasteiger partial charge in [0.1, 0.15) is 5.82 Å². The average Bonchev–Trinajstić information content (AvgIpc) is 3.17. The predicted octanol–water partition coefficient (Wildman–Crippen LogP) is 3.73. The molecule has 1 fully saturated rings. The standard InChI is InChI=1S/C18H20FN3/c1-11-7-12(2)9-15(8-11)21-18(20)22-17-10-16(17)13-3-5-14(19)6-4-13/h3-9,16-17H,10H2,1-2H3,(H3,20,21,22)/t16-,17+/m0/s1. The van der Waals surface area contributed by atoms with Gasteiger partial charge in [0.2, 0.25) is 0 Å². The molecule has 3 rings (SSSR count). The summed E-state index contributed by atoms with van der Waals surface area (Å²) in [7, 11) is 0. The second kappa shape index (κ2) is 5.79. The fourth-order valence-corrected chi connectivity index (χ4v) is 2.80. The number of aryl methyl sites for hydroxylation is 2. The molecule has 0 aliphatic heterocycles. The van der Waals surface area contributed by atoms with E-state index >= 15 is 0 Å². The Kier molecular flexibility index (Phi) is 3.84. The van der Waals surface area contributed by atoms with E-state index in [1.165, 1.54) is 23.3 Å². The van der Waals surface area contributed by atoms with E-state index in [-0.39, 0.29) is 11.9 Å². The molecule has 0 amide bonds. The van der Waals surface area contributed by atoms with Crippen molar-refractivity contribution >= 4 is 11.6 Å². The van der Waals surface area contributed by atoms with Gasteiger partial charge in [-0.25, -0.2) is 9.38 Å². The monoisotopic (exact) mass is 297 g/mol. The summed E-state index contributed by atoms with van der Waals surface area (Å²) in [5.74, 6) is 0.570. The third kappa shape index (κ3) is 3.45. The maximum absolute atomic E-state index is 12.9. The molecule has 1 aliphatic rings. The third-order valence-corrected chi connectivity index (χ3v) is 3.85.